The summed E-state index contributed by atoms with van der Waals surface area (Å²) in [6.07, 6.45) is 2.58. The van der Waals surface area contributed by atoms with Gasteiger partial charge in [-0.1, -0.05) is 37.7 Å². The van der Waals surface area contributed by atoms with Gasteiger partial charge in [0.1, 0.15) is 0 Å². The molecule has 6 nitrogen and oxygen atoms in total. The molecule has 0 bridgehead atoms. The maximum Gasteiger partial charge on any atom is 0.355 e. The van der Waals surface area contributed by atoms with Crippen LogP contribution in [0.4, 0.5) is 5.69 Å². The van der Waals surface area contributed by atoms with Gasteiger partial charge >= 0.3 is 5.97 Å². The summed E-state index contributed by atoms with van der Waals surface area (Å²) in [4.78, 5) is 29.2. The monoisotopic (exact) mass is 433 g/mol. The Labute approximate surface area is 179 Å². The molecule has 2 unspecified atom stereocenters. The Balaban J connectivity index is 1.48. The van der Waals surface area contributed by atoms with Gasteiger partial charge in [-0.15, -0.1) is 11.3 Å². The average Bonchev–Trinajstić information content (AvgIpc) is 3.34. The van der Waals surface area contributed by atoms with Gasteiger partial charge in [0, 0.05) is 42.4 Å². The van der Waals surface area contributed by atoms with Crippen LogP contribution in [0, 0.1) is 0 Å². The molecule has 8 heteroatoms. The van der Waals surface area contributed by atoms with Crippen LogP contribution >= 0.6 is 23.1 Å². The molecule has 1 fully saturated rings. The smallest absolute Gasteiger partial charge is 0.355 e. The van der Waals surface area contributed by atoms with Crippen molar-refractivity contribution in [3.8, 4) is 0 Å². The number of benzene rings is 1. The number of carboxylic acids is 1. The van der Waals surface area contributed by atoms with Crippen LogP contribution in [-0.2, 0) is 4.79 Å². The largest absolute Gasteiger partial charge is 0.476 e. The number of carbonyl (C=O) groups is 2. The van der Waals surface area contributed by atoms with Crippen molar-refractivity contribution in [1.29, 1.82) is 0 Å². The lowest BCUT2D eigenvalue weighted by Crippen LogP contribution is -2.39. The van der Waals surface area contributed by atoms with Gasteiger partial charge in [-0.05, 0) is 36.5 Å². The summed E-state index contributed by atoms with van der Waals surface area (Å²) in [5.41, 5.74) is 2.51. The molecule has 0 saturated carbocycles. The highest BCUT2D eigenvalue weighted by atomic mass is 32.2. The van der Waals surface area contributed by atoms with E-state index in [0.29, 0.717) is 24.6 Å². The second-order valence-electron chi connectivity index (χ2n) is 7.24. The number of carboxylic acid groups (broad SMARTS) is 1. The summed E-state index contributed by atoms with van der Waals surface area (Å²) in [6, 6.07) is 8.75. The highest BCUT2D eigenvalue weighted by molar-refractivity contribution is 8.01. The van der Waals surface area contributed by atoms with Crippen molar-refractivity contribution in [2.24, 2.45) is 0 Å². The number of rotatable bonds is 10. The van der Waals surface area contributed by atoms with E-state index >= 15 is 0 Å². The summed E-state index contributed by atoms with van der Waals surface area (Å²) in [5.74, 6) is 0.452. The molecule has 2 heterocycles. The molecule has 2 N–H and O–H groups in total. The number of aromatic carboxylic acids is 1. The van der Waals surface area contributed by atoms with Gasteiger partial charge in [0.15, 0.2) is 10.0 Å². The standard InChI is InChI=1S/C21H27N3O3S2/c1-3-14(2)15-4-6-16(7-5-15)22-12-17-8-9-19(25)24(17)10-11-28-21-23-18(13-29-21)20(26)27/h4-7,13-14,17,22H,3,8-12H2,1-2H3,(H,26,27). The average molecular weight is 434 g/mol. The molecule has 1 amide bonds. The fourth-order valence-corrected chi connectivity index (χ4v) is 5.18. The zero-order valence-corrected chi connectivity index (χ0v) is 18.4. The van der Waals surface area contributed by atoms with Crippen molar-refractivity contribution in [3.63, 3.8) is 0 Å². The summed E-state index contributed by atoms with van der Waals surface area (Å²) < 4.78 is 0.727. The Kier molecular flexibility index (Phi) is 7.55. The van der Waals surface area contributed by atoms with E-state index < -0.39 is 5.97 Å². The molecule has 1 aliphatic rings. The maximum absolute atomic E-state index is 12.3. The van der Waals surface area contributed by atoms with Crippen LogP contribution in [0.3, 0.4) is 0 Å². The van der Waals surface area contributed by atoms with Crippen molar-refractivity contribution < 1.29 is 14.7 Å². The fraction of sp³-hybridized carbons (Fsp3) is 0.476. The van der Waals surface area contributed by atoms with E-state index in [2.05, 4.69) is 48.4 Å². The van der Waals surface area contributed by atoms with Gasteiger partial charge in [-0.25, -0.2) is 9.78 Å². The van der Waals surface area contributed by atoms with Gasteiger partial charge in [0.25, 0.3) is 0 Å². The number of hydrogen-bond acceptors (Lipinski definition) is 6. The van der Waals surface area contributed by atoms with Gasteiger partial charge in [0.2, 0.25) is 5.91 Å². The highest BCUT2D eigenvalue weighted by Gasteiger charge is 2.30. The van der Waals surface area contributed by atoms with Crippen LogP contribution in [0.1, 0.15) is 55.1 Å². The summed E-state index contributed by atoms with van der Waals surface area (Å²) in [5, 5.41) is 14.0. The summed E-state index contributed by atoms with van der Waals surface area (Å²) >= 11 is 2.83. The second-order valence-corrected chi connectivity index (χ2v) is 9.44. The van der Waals surface area contributed by atoms with Gasteiger partial charge in [-0.3, -0.25) is 4.79 Å². The number of nitrogens with one attached hydrogen (secondary N) is 1. The minimum absolute atomic E-state index is 0.0798. The minimum Gasteiger partial charge on any atom is -0.476 e. The second kappa shape index (κ2) is 10.1. The third kappa shape index (κ3) is 5.73. The number of amides is 1. The number of thiazole rings is 1. The molecule has 1 aromatic heterocycles. The van der Waals surface area contributed by atoms with Crippen molar-refractivity contribution in [1.82, 2.24) is 9.88 Å². The Hall–Kier alpha value is -2.06. The molecule has 0 spiro atoms. The van der Waals surface area contributed by atoms with Crippen LogP contribution in [0.2, 0.25) is 0 Å². The molecular formula is C21H27N3O3S2. The van der Waals surface area contributed by atoms with Crippen LogP contribution in [-0.4, -0.2) is 51.8 Å². The first-order valence-corrected chi connectivity index (χ1v) is 11.8. The number of anilines is 1. The third-order valence-corrected chi connectivity index (χ3v) is 7.35. The first kappa shape index (κ1) is 21.6. The summed E-state index contributed by atoms with van der Waals surface area (Å²) in [6.45, 7) is 5.81. The molecular weight excluding hydrogens is 406 g/mol. The molecule has 0 aliphatic carbocycles. The molecule has 1 saturated heterocycles. The van der Waals surface area contributed by atoms with E-state index in [1.54, 1.807) is 5.38 Å². The number of carbonyl (C=O) groups excluding carboxylic acids is 1. The Bertz CT molecular complexity index is 838. The van der Waals surface area contributed by atoms with E-state index in [4.69, 9.17) is 5.11 Å². The van der Waals surface area contributed by atoms with E-state index in [1.165, 1.54) is 28.7 Å². The molecule has 0 radical (unpaired) electrons. The quantitative estimate of drug-likeness (QED) is 0.535. The van der Waals surface area contributed by atoms with Gasteiger partial charge < -0.3 is 15.3 Å². The SMILES string of the molecule is CCC(C)c1ccc(NCC2CCC(=O)N2CCSc2nc(C(=O)O)cs2)cc1. The molecule has 1 aliphatic heterocycles. The third-order valence-electron chi connectivity index (χ3n) is 5.35. The zero-order chi connectivity index (χ0) is 20.8. The predicted octanol–water partition coefficient (Wildman–Crippen LogP) is 4.55. The number of nitrogens with zero attached hydrogens (tertiary/aromatic N) is 2. The highest BCUT2D eigenvalue weighted by Crippen LogP contribution is 2.26. The van der Waals surface area contributed by atoms with Crippen LogP contribution < -0.4 is 5.32 Å². The van der Waals surface area contributed by atoms with Crippen molar-refractivity contribution in [3.05, 3.63) is 40.9 Å². The van der Waals surface area contributed by atoms with Crippen LogP contribution in [0.25, 0.3) is 0 Å². The Morgan fingerprint density at radius 1 is 1.41 bits per heavy atom. The number of aromatic nitrogens is 1. The molecule has 29 heavy (non-hydrogen) atoms. The first-order valence-electron chi connectivity index (χ1n) is 9.92. The predicted molar refractivity (Wildman–Crippen MR) is 118 cm³/mol. The van der Waals surface area contributed by atoms with Gasteiger partial charge in [0.05, 0.1) is 0 Å². The Morgan fingerprint density at radius 3 is 2.83 bits per heavy atom. The van der Waals surface area contributed by atoms with E-state index in [1.807, 2.05) is 4.90 Å². The zero-order valence-electron chi connectivity index (χ0n) is 16.8. The van der Waals surface area contributed by atoms with Crippen LogP contribution in [0.15, 0.2) is 34.0 Å². The van der Waals surface area contributed by atoms with Gasteiger partial charge in [-0.2, -0.15) is 0 Å². The fourth-order valence-electron chi connectivity index (χ4n) is 3.37. The summed E-state index contributed by atoms with van der Waals surface area (Å²) in [7, 11) is 0. The number of thioether (sulfide) groups is 1. The lowest BCUT2D eigenvalue weighted by Gasteiger charge is -2.25. The van der Waals surface area contributed by atoms with Crippen molar-refractivity contribution >= 4 is 40.7 Å². The van der Waals surface area contributed by atoms with E-state index in [9.17, 15) is 9.59 Å². The lowest BCUT2D eigenvalue weighted by molar-refractivity contribution is -0.128. The van der Waals surface area contributed by atoms with E-state index in [-0.39, 0.29) is 17.6 Å². The number of hydrogen-bond donors (Lipinski definition) is 2. The van der Waals surface area contributed by atoms with Crippen LogP contribution in [0.5, 0.6) is 0 Å². The van der Waals surface area contributed by atoms with E-state index in [0.717, 1.165) is 29.4 Å². The normalized spacial score (nSPS) is 17.5. The number of likely N-dealkylation sites (tertiary alicyclic amines) is 1. The maximum atomic E-state index is 12.3. The lowest BCUT2D eigenvalue weighted by atomic mass is 9.98. The minimum atomic E-state index is -1.01. The van der Waals surface area contributed by atoms with Crippen molar-refractivity contribution in [2.45, 2.75) is 49.4 Å². The topological polar surface area (TPSA) is 82.5 Å². The molecule has 2 aromatic rings. The Morgan fingerprint density at radius 2 is 2.17 bits per heavy atom. The van der Waals surface area contributed by atoms with Crippen molar-refractivity contribution in [2.75, 3.05) is 24.2 Å². The molecule has 156 valence electrons. The molecule has 3 rings (SSSR count). The molecule has 1 aromatic carbocycles. The first-order chi connectivity index (χ1) is 14.0. The molecule has 2 atom stereocenters.